The van der Waals surface area contributed by atoms with Crippen LogP contribution < -0.4 is 25.0 Å². The van der Waals surface area contributed by atoms with Crippen molar-refractivity contribution < 1.29 is 19.1 Å². The van der Waals surface area contributed by atoms with E-state index in [1.165, 1.54) is 0 Å². The van der Waals surface area contributed by atoms with Crippen LogP contribution in [0.3, 0.4) is 0 Å². The first-order valence-corrected chi connectivity index (χ1v) is 10.5. The third kappa shape index (κ3) is 5.31. The smallest absolute Gasteiger partial charge is 0.323 e. The summed E-state index contributed by atoms with van der Waals surface area (Å²) in [6.07, 6.45) is 0. The molecule has 164 valence electrons. The van der Waals surface area contributed by atoms with Crippen molar-refractivity contribution in [3.05, 3.63) is 77.3 Å². The van der Waals surface area contributed by atoms with Gasteiger partial charge < -0.3 is 25.0 Å². The first-order valence-electron chi connectivity index (χ1n) is 10.1. The third-order valence-corrected chi connectivity index (χ3v) is 5.12. The van der Waals surface area contributed by atoms with Gasteiger partial charge in [0.1, 0.15) is 18.1 Å². The van der Waals surface area contributed by atoms with Crippen molar-refractivity contribution in [3.8, 4) is 11.5 Å². The lowest BCUT2D eigenvalue weighted by molar-refractivity contribution is -0.121. The Balaban J connectivity index is 1.42. The molecule has 0 unspecified atom stereocenters. The van der Waals surface area contributed by atoms with Crippen molar-refractivity contribution in [1.29, 1.82) is 0 Å². The fourth-order valence-corrected chi connectivity index (χ4v) is 3.37. The van der Waals surface area contributed by atoms with Crippen LogP contribution in [0.15, 0.2) is 66.7 Å². The van der Waals surface area contributed by atoms with Gasteiger partial charge in [-0.1, -0.05) is 29.3 Å². The number of nitrogens with one attached hydrogen (secondary N) is 2. The largest absolute Gasteiger partial charge is 0.492 e. The van der Waals surface area contributed by atoms with Crippen molar-refractivity contribution in [3.63, 3.8) is 0 Å². The van der Waals surface area contributed by atoms with Gasteiger partial charge in [-0.3, -0.25) is 4.79 Å². The minimum absolute atomic E-state index is 0.0403. The number of carbonyl (C=O) groups excluding carboxylic acids is 2. The number of urea groups is 1. The Morgan fingerprint density at radius 1 is 1.03 bits per heavy atom. The number of fused-ring (bicyclic) bond motifs is 1. The summed E-state index contributed by atoms with van der Waals surface area (Å²) < 4.78 is 11.3. The van der Waals surface area contributed by atoms with Crippen LogP contribution in [0.4, 0.5) is 21.9 Å². The number of nitrogens with zero attached hydrogens (tertiary/aromatic N) is 1. The molecule has 4 rings (SSSR count). The van der Waals surface area contributed by atoms with E-state index in [-0.39, 0.29) is 12.5 Å². The second-order valence-corrected chi connectivity index (χ2v) is 7.70. The minimum Gasteiger partial charge on any atom is -0.492 e. The van der Waals surface area contributed by atoms with Gasteiger partial charge in [0, 0.05) is 16.4 Å². The van der Waals surface area contributed by atoms with E-state index in [2.05, 4.69) is 10.6 Å². The standard InChI is InChI=1S/C24H22ClN3O4/c1-16-2-9-20(10-3-16)31-13-12-28-21-14-19(8-11-22(21)32-15-23(28)29)27-24(30)26-18-6-4-17(25)5-7-18/h2-11,14H,12-13,15H2,1H3,(H2,26,27,30). The highest BCUT2D eigenvalue weighted by atomic mass is 35.5. The minimum atomic E-state index is -0.412. The molecule has 0 fully saturated rings. The maximum atomic E-state index is 12.5. The van der Waals surface area contributed by atoms with Gasteiger partial charge in [-0.05, 0) is 61.5 Å². The number of halogens is 1. The van der Waals surface area contributed by atoms with E-state index in [9.17, 15) is 9.59 Å². The Morgan fingerprint density at radius 3 is 2.47 bits per heavy atom. The van der Waals surface area contributed by atoms with Crippen molar-refractivity contribution in [2.75, 3.05) is 35.3 Å². The molecule has 0 saturated heterocycles. The Kier molecular flexibility index (Phi) is 6.47. The van der Waals surface area contributed by atoms with Gasteiger partial charge in [-0.15, -0.1) is 0 Å². The first-order chi connectivity index (χ1) is 15.5. The molecule has 0 aromatic heterocycles. The summed E-state index contributed by atoms with van der Waals surface area (Å²) in [6, 6.07) is 19.3. The van der Waals surface area contributed by atoms with Crippen LogP contribution in [0.5, 0.6) is 11.5 Å². The molecule has 3 aromatic carbocycles. The lowest BCUT2D eigenvalue weighted by Crippen LogP contribution is -2.41. The summed E-state index contributed by atoms with van der Waals surface area (Å²) in [5.41, 5.74) is 2.86. The van der Waals surface area contributed by atoms with Gasteiger partial charge in [0.25, 0.3) is 5.91 Å². The van der Waals surface area contributed by atoms with Gasteiger partial charge in [-0.25, -0.2) is 4.79 Å². The number of rotatable bonds is 6. The summed E-state index contributed by atoms with van der Waals surface area (Å²) >= 11 is 5.87. The first kappa shape index (κ1) is 21.5. The molecule has 3 aromatic rings. The Morgan fingerprint density at radius 2 is 1.72 bits per heavy atom. The SMILES string of the molecule is Cc1ccc(OCCN2C(=O)COc3ccc(NC(=O)Nc4ccc(Cl)cc4)cc32)cc1. The molecule has 8 heteroatoms. The molecule has 0 atom stereocenters. The van der Waals surface area contributed by atoms with Crippen molar-refractivity contribution in [1.82, 2.24) is 0 Å². The molecule has 32 heavy (non-hydrogen) atoms. The van der Waals surface area contributed by atoms with Crippen LogP contribution in [-0.4, -0.2) is 31.7 Å². The fraction of sp³-hybridized carbons (Fsp3) is 0.167. The third-order valence-electron chi connectivity index (χ3n) is 4.87. The summed E-state index contributed by atoms with van der Waals surface area (Å²) in [5.74, 6) is 1.14. The van der Waals surface area contributed by atoms with E-state index in [0.29, 0.717) is 41.0 Å². The number of hydrogen-bond donors (Lipinski definition) is 2. The average molecular weight is 452 g/mol. The maximum absolute atomic E-state index is 12.5. The predicted octanol–water partition coefficient (Wildman–Crippen LogP) is 5.10. The number of anilines is 3. The molecule has 0 saturated carbocycles. The number of amides is 3. The molecule has 1 aliphatic heterocycles. The van der Waals surface area contributed by atoms with Crippen molar-refractivity contribution >= 4 is 40.6 Å². The van der Waals surface area contributed by atoms with Crippen molar-refractivity contribution in [2.24, 2.45) is 0 Å². The van der Waals surface area contributed by atoms with E-state index in [4.69, 9.17) is 21.1 Å². The zero-order valence-corrected chi connectivity index (χ0v) is 18.2. The van der Waals surface area contributed by atoms with Gasteiger partial charge in [-0.2, -0.15) is 0 Å². The second-order valence-electron chi connectivity index (χ2n) is 7.26. The highest BCUT2D eigenvalue weighted by Crippen LogP contribution is 2.34. The van der Waals surface area contributed by atoms with Crippen LogP contribution >= 0.6 is 11.6 Å². The molecule has 0 spiro atoms. The molecule has 0 aliphatic carbocycles. The Bertz CT molecular complexity index is 1120. The molecule has 1 aliphatic rings. The van der Waals surface area contributed by atoms with Crippen LogP contribution in [0, 0.1) is 6.92 Å². The van der Waals surface area contributed by atoms with Gasteiger partial charge in [0.05, 0.1) is 12.2 Å². The van der Waals surface area contributed by atoms with Gasteiger partial charge >= 0.3 is 6.03 Å². The molecule has 2 N–H and O–H groups in total. The average Bonchev–Trinajstić information content (AvgIpc) is 2.78. The second kappa shape index (κ2) is 9.62. The highest BCUT2D eigenvalue weighted by molar-refractivity contribution is 6.30. The summed E-state index contributed by atoms with van der Waals surface area (Å²) in [5, 5.41) is 6.09. The van der Waals surface area contributed by atoms with Crippen LogP contribution in [0.2, 0.25) is 5.02 Å². The molecule has 1 heterocycles. The number of carbonyl (C=O) groups is 2. The van der Waals surface area contributed by atoms with E-state index < -0.39 is 6.03 Å². The van der Waals surface area contributed by atoms with E-state index in [1.54, 1.807) is 47.4 Å². The topological polar surface area (TPSA) is 79.9 Å². The summed E-state index contributed by atoms with van der Waals surface area (Å²) in [4.78, 5) is 26.4. The highest BCUT2D eigenvalue weighted by Gasteiger charge is 2.26. The van der Waals surface area contributed by atoms with E-state index >= 15 is 0 Å². The normalized spacial score (nSPS) is 12.6. The predicted molar refractivity (Wildman–Crippen MR) is 125 cm³/mol. The lowest BCUT2D eigenvalue weighted by Gasteiger charge is -2.29. The molecule has 3 amide bonds. The molecule has 7 nitrogen and oxygen atoms in total. The molecule has 0 bridgehead atoms. The molecule has 0 radical (unpaired) electrons. The zero-order valence-electron chi connectivity index (χ0n) is 17.4. The summed E-state index contributed by atoms with van der Waals surface area (Å²) in [7, 11) is 0. The number of benzene rings is 3. The van der Waals surface area contributed by atoms with Crippen LogP contribution in [-0.2, 0) is 4.79 Å². The lowest BCUT2D eigenvalue weighted by atomic mass is 10.2. The molecular formula is C24H22ClN3O4. The fourth-order valence-electron chi connectivity index (χ4n) is 3.24. The summed E-state index contributed by atoms with van der Waals surface area (Å²) in [6.45, 7) is 2.64. The number of aryl methyl sites for hydroxylation is 1. The zero-order chi connectivity index (χ0) is 22.5. The van der Waals surface area contributed by atoms with E-state index in [0.717, 1.165) is 11.3 Å². The van der Waals surface area contributed by atoms with Gasteiger partial charge in [0.15, 0.2) is 6.61 Å². The monoisotopic (exact) mass is 451 g/mol. The Hall–Kier alpha value is -3.71. The van der Waals surface area contributed by atoms with Crippen molar-refractivity contribution in [2.45, 2.75) is 6.92 Å². The van der Waals surface area contributed by atoms with Gasteiger partial charge in [0.2, 0.25) is 0 Å². The van der Waals surface area contributed by atoms with E-state index in [1.807, 2.05) is 31.2 Å². The Labute approximate surface area is 190 Å². The number of hydrogen-bond acceptors (Lipinski definition) is 4. The maximum Gasteiger partial charge on any atom is 0.323 e. The molecular weight excluding hydrogens is 430 g/mol. The van der Waals surface area contributed by atoms with Crippen LogP contribution in [0.1, 0.15) is 5.56 Å². The quantitative estimate of drug-likeness (QED) is 0.546. The number of ether oxygens (including phenoxy) is 2. The van der Waals surface area contributed by atoms with Crippen LogP contribution in [0.25, 0.3) is 0 Å².